The maximum atomic E-state index is 9.12. The average molecular weight is 199 g/mol. The van der Waals surface area contributed by atoms with Crippen molar-refractivity contribution in [1.82, 2.24) is 0 Å². The molecular formula is C11H15ClO. The van der Waals surface area contributed by atoms with E-state index in [1.807, 2.05) is 25.1 Å². The smallest absolute Gasteiger partial charge is 0.0515 e. The van der Waals surface area contributed by atoms with Gasteiger partial charge >= 0.3 is 0 Å². The molecule has 1 nitrogen and oxygen atoms in total. The van der Waals surface area contributed by atoms with Gasteiger partial charge in [0.05, 0.1) is 6.10 Å². The van der Waals surface area contributed by atoms with E-state index in [0.29, 0.717) is 0 Å². The highest BCUT2D eigenvalue weighted by Gasteiger charge is 2.02. The number of halogens is 1. The Morgan fingerprint density at radius 2 is 2.15 bits per heavy atom. The van der Waals surface area contributed by atoms with Crippen molar-refractivity contribution in [3.05, 3.63) is 34.3 Å². The number of benzene rings is 1. The molecule has 0 aromatic heterocycles. The molecule has 0 radical (unpaired) electrons. The number of aliphatic hydroxyl groups is 1. The van der Waals surface area contributed by atoms with E-state index in [2.05, 4.69) is 0 Å². The van der Waals surface area contributed by atoms with E-state index in [1.54, 1.807) is 6.92 Å². The second kappa shape index (κ2) is 4.64. The maximum Gasteiger partial charge on any atom is 0.0515 e. The molecule has 0 spiro atoms. The van der Waals surface area contributed by atoms with Crippen molar-refractivity contribution < 1.29 is 5.11 Å². The Kier molecular flexibility index (Phi) is 3.76. The van der Waals surface area contributed by atoms with Crippen molar-refractivity contribution in [3.8, 4) is 0 Å². The van der Waals surface area contributed by atoms with Gasteiger partial charge in [0.2, 0.25) is 0 Å². The summed E-state index contributed by atoms with van der Waals surface area (Å²) in [5.41, 5.74) is 2.29. The van der Waals surface area contributed by atoms with Crippen molar-refractivity contribution >= 4 is 11.6 Å². The molecule has 0 heterocycles. The van der Waals surface area contributed by atoms with Crippen molar-refractivity contribution in [2.75, 3.05) is 0 Å². The molecule has 0 aliphatic carbocycles. The summed E-state index contributed by atoms with van der Waals surface area (Å²) in [6, 6.07) is 6.03. The molecule has 0 saturated carbocycles. The van der Waals surface area contributed by atoms with E-state index >= 15 is 0 Å². The molecule has 0 aliphatic rings. The van der Waals surface area contributed by atoms with Gasteiger partial charge in [-0.3, -0.25) is 0 Å². The molecule has 1 atom stereocenters. The largest absolute Gasteiger partial charge is 0.393 e. The third kappa shape index (κ3) is 3.37. The Morgan fingerprint density at radius 1 is 1.46 bits per heavy atom. The lowest BCUT2D eigenvalue weighted by molar-refractivity contribution is 0.185. The Morgan fingerprint density at radius 3 is 2.69 bits per heavy atom. The summed E-state index contributed by atoms with van der Waals surface area (Å²) in [4.78, 5) is 0. The van der Waals surface area contributed by atoms with Gasteiger partial charge in [-0.1, -0.05) is 23.7 Å². The van der Waals surface area contributed by atoms with Gasteiger partial charge in [-0.25, -0.2) is 0 Å². The molecule has 72 valence electrons. The molecule has 0 aliphatic heterocycles. The zero-order chi connectivity index (χ0) is 9.84. The van der Waals surface area contributed by atoms with Crippen LogP contribution in [0.25, 0.3) is 0 Å². The van der Waals surface area contributed by atoms with Crippen LogP contribution in [0.3, 0.4) is 0 Å². The molecule has 0 bridgehead atoms. The van der Waals surface area contributed by atoms with Crippen LogP contribution in [0.15, 0.2) is 18.2 Å². The summed E-state index contributed by atoms with van der Waals surface area (Å²) in [5, 5.41) is 9.92. The summed E-state index contributed by atoms with van der Waals surface area (Å²) in [5.74, 6) is 0. The molecule has 1 aromatic rings. The number of aliphatic hydroxyl groups excluding tert-OH is 1. The highest BCUT2D eigenvalue weighted by atomic mass is 35.5. The zero-order valence-electron chi connectivity index (χ0n) is 8.05. The first-order valence-electron chi connectivity index (χ1n) is 4.52. The normalized spacial score (nSPS) is 12.9. The standard InChI is InChI=1S/C11H15ClO/c1-8-3-5-10(11(12)7-8)6-4-9(2)13/h3,5,7,9,13H,4,6H2,1-2H3. The van der Waals surface area contributed by atoms with Crippen molar-refractivity contribution in [2.45, 2.75) is 32.8 Å². The quantitative estimate of drug-likeness (QED) is 0.792. The summed E-state index contributed by atoms with van der Waals surface area (Å²) < 4.78 is 0. The van der Waals surface area contributed by atoms with Gasteiger partial charge in [0.25, 0.3) is 0 Å². The van der Waals surface area contributed by atoms with Crippen LogP contribution in [-0.2, 0) is 6.42 Å². The van der Waals surface area contributed by atoms with E-state index in [9.17, 15) is 0 Å². The Hall–Kier alpha value is -0.530. The minimum absolute atomic E-state index is 0.252. The van der Waals surface area contributed by atoms with E-state index in [4.69, 9.17) is 16.7 Å². The number of hydrogen-bond donors (Lipinski definition) is 1. The highest BCUT2D eigenvalue weighted by molar-refractivity contribution is 6.31. The Bertz CT molecular complexity index is 281. The first-order valence-corrected chi connectivity index (χ1v) is 4.90. The van der Waals surface area contributed by atoms with Gasteiger partial charge in [0.1, 0.15) is 0 Å². The topological polar surface area (TPSA) is 20.2 Å². The van der Waals surface area contributed by atoms with Crippen molar-refractivity contribution in [3.63, 3.8) is 0 Å². The fraction of sp³-hybridized carbons (Fsp3) is 0.455. The second-order valence-electron chi connectivity index (χ2n) is 3.48. The van der Waals surface area contributed by atoms with Gasteiger partial charge in [-0.2, -0.15) is 0 Å². The lowest BCUT2D eigenvalue weighted by Gasteiger charge is -2.06. The predicted octanol–water partition coefficient (Wildman–Crippen LogP) is 2.96. The predicted molar refractivity (Wildman–Crippen MR) is 56.2 cm³/mol. The number of rotatable bonds is 3. The van der Waals surface area contributed by atoms with Crippen LogP contribution in [0.2, 0.25) is 5.02 Å². The lowest BCUT2D eigenvalue weighted by atomic mass is 10.1. The van der Waals surface area contributed by atoms with Gasteiger partial charge in [0.15, 0.2) is 0 Å². The second-order valence-corrected chi connectivity index (χ2v) is 3.89. The fourth-order valence-electron chi connectivity index (χ4n) is 1.22. The first-order chi connectivity index (χ1) is 6.09. The molecule has 1 aromatic carbocycles. The lowest BCUT2D eigenvalue weighted by Crippen LogP contribution is -2.01. The van der Waals surface area contributed by atoms with Crippen LogP contribution in [0, 0.1) is 6.92 Å². The maximum absolute atomic E-state index is 9.12. The molecular weight excluding hydrogens is 184 g/mol. The van der Waals surface area contributed by atoms with Crippen molar-refractivity contribution in [1.29, 1.82) is 0 Å². The van der Waals surface area contributed by atoms with Crippen LogP contribution in [0.5, 0.6) is 0 Å². The summed E-state index contributed by atoms with van der Waals surface area (Å²) in [7, 11) is 0. The van der Waals surface area contributed by atoms with Crippen LogP contribution < -0.4 is 0 Å². The molecule has 0 amide bonds. The van der Waals surface area contributed by atoms with E-state index < -0.39 is 0 Å². The minimum Gasteiger partial charge on any atom is -0.393 e. The zero-order valence-corrected chi connectivity index (χ0v) is 8.80. The summed E-state index contributed by atoms with van der Waals surface area (Å²) in [6.45, 7) is 3.81. The third-order valence-corrected chi connectivity index (χ3v) is 2.39. The molecule has 1 N–H and O–H groups in total. The Labute approximate surface area is 84.4 Å². The SMILES string of the molecule is Cc1ccc(CCC(C)O)c(Cl)c1. The van der Waals surface area contributed by atoms with Gasteiger partial charge in [-0.15, -0.1) is 0 Å². The number of hydrogen-bond acceptors (Lipinski definition) is 1. The molecule has 13 heavy (non-hydrogen) atoms. The van der Waals surface area contributed by atoms with Crippen LogP contribution in [-0.4, -0.2) is 11.2 Å². The molecule has 2 heteroatoms. The van der Waals surface area contributed by atoms with Gasteiger partial charge in [0, 0.05) is 5.02 Å². The molecule has 0 fully saturated rings. The summed E-state index contributed by atoms with van der Waals surface area (Å²) in [6.07, 6.45) is 1.36. The first kappa shape index (κ1) is 10.6. The van der Waals surface area contributed by atoms with E-state index in [-0.39, 0.29) is 6.10 Å². The molecule has 1 rings (SSSR count). The highest BCUT2D eigenvalue weighted by Crippen LogP contribution is 2.19. The number of aryl methyl sites for hydroxylation is 2. The minimum atomic E-state index is -0.252. The van der Waals surface area contributed by atoms with Gasteiger partial charge < -0.3 is 5.11 Å². The fourth-order valence-corrected chi connectivity index (χ4v) is 1.55. The van der Waals surface area contributed by atoms with Gasteiger partial charge in [-0.05, 0) is 43.9 Å². The summed E-state index contributed by atoms with van der Waals surface area (Å²) >= 11 is 6.03. The van der Waals surface area contributed by atoms with E-state index in [0.717, 1.165) is 23.4 Å². The van der Waals surface area contributed by atoms with Crippen LogP contribution in [0.1, 0.15) is 24.5 Å². The van der Waals surface area contributed by atoms with Crippen LogP contribution in [0.4, 0.5) is 0 Å². The average Bonchev–Trinajstić information content (AvgIpc) is 2.02. The monoisotopic (exact) mass is 198 g/mol. The molecule has 0 saturated heterocycles. The van der Waals surface area contributed by atoms with Crippen molar-refractivity contribution in [2.24, 2.45) is 0 Å². The third-order valence-electron chi connectivity index (χ3n) is 2.04. The Balaban J connectivity index is 2.67. The molecule has 1 unspecified atom stereocenters. The van der Waals surface area contributed by atoms with E-state index in [1.165, 1.54) is 5.56 Å². The van der Waals surface area contributed by atoms with Crippen LogP contribution >= 0.6 is 11.6 Å².